The summed E-state index contributed by atoms with van der Waals surface area (Å²) in [6.45, 7) is 15.1. The number of carbonyl (C=O) groups is 6. The maximum atomic E-state index is 12.1. The molecule has 0 aliphatic heterocycles. The molecular formula is C58H67Cl2LiO12. The summed E-state index contributed by atoms with van der Waals surface area (Å²) in [4.78, 5) is 67.1. The molecule has 0 saturated heterocycles. The maximum absolute atomic E-state index is 12.1. The Kier molecular flexibility index (Phi) is 34.4. The van der Waals surface area contributed by atoms with Crippen LogP contribution in [-0.2, 0) is 62.9 Å². The number of Topliss-reactive ketones (excluding diaryl/α,β-unsaturated/α-hetero) is 2. The van der Waals surface area contributed by atoms with Gasteiger partial charge in [-0.2, -0.15) is 0 Å². The molecule has 0 atom stereocenters. The van der Waals surface area contributed by atoms with Crippen LogP contribution in [0.15, 0.2) is 127 Å². The van der Waals surface area contributed by atoms with E-state index in [0.29, 0.717) is 29.5 Å². The van der Waals surface area contributed by atoms with Crippen molar-refractivity contribution in [2.45, 2.75) is 102 Å². The summed E-state index contributed by atoms with van der Waals surface area (Å²) < 4.78 is 10.7. The number of aromatic carboxylic acids is 1. The number of carboxylic acid groups (broad SMARTS) is 2. The van der Waals surface area contributed by atoms with Crippen molar-refractivity contribution in [2.24, 2.45) is 0 Å². The van der Waals surface area contributed by atoms with Crippen LogP contribution in [-0.4, -0.2) is 61.6 Å². The third kappa shape index (κ3) is 27.3. The van der Waals surface area contributed by atoms with Crippen LogP contribution in [0.1, 0.15) is 119 Å². The Morgan fingerprint density at radius 1 is 0.452 bits per heavy atom. The van der Waals surface area contributed by atoms with Crippen LogP contribution in [0, 0.1) is 41.5 Å². The molecule has 6 aromatic carbocycles. The molecule has 0 aromatic heterocycles. The number of alkyl halides is 2. The molecule has 0 radical (unpaired) electrons. The van der Waals surface area contributed by atoms with Gasteiger partial charge in [-0.15, -0.1) is 23.2 Å². The third-order valence-electron chi connectivity index (χ3n) is 10.1. The van der Waals surface area contributed by atoms with Crippen LogP contribution in [0.5, 0.6) is 0 Å². The first kappa shape index (κ1) is 68.7. The summed E-state index contributed by atoms with van der Waals surface area (Å²) in [6.07, 6.45) is 0.900. The minimum absolute atomic E-state index is 0. The Morgan fingerprint density at radius 2 is 0.726 bits per heavy atom. The molecule has 386 valence electrons. The fourth-order valence-corrected chi connectivity index (χ4v) is 6.61. The van der Waals surface area contributed by atoms with Crippen LogP contribution < -0.4 is 18.9 Å². The van der Waals surface area contributed by atoms with Crippen molar-refractivity contribution in [3.8, 4) is 0 Å². The quantitative estimate of drug-likeness (QED) is 0.0529. The summed E-state index contributed by atoms with van der Waals surface area (Å²) in [7, 11) is 0. The van der Waals surface area contributed by atoms with Gasteiger partial charge in [0.25, 0.3) is 0 Å². The average Bonchev–Trinajstić information content (AvgIpc) is 3.29. The van der Waals surface area contributed by atoms with E-state index in [1.54, 1.807) is 69.3 Å². The van der Waals surface area contributed by atoms with Gasteiger partial charge in [-0.05, 0) is 124 Å². The van der Waals surface area contributed by atoms with Crippen molar-refractivity contribution in [2.75, 3.05) is 5.34 Å². The Labute approximate surface area is 452 Å². The number of esters is 2. The number of halogens is 2. The van der Waals surface area contributed by atoms with Crippen molar-refractivity contribution < 1.29 is 77.9 Å². The molecule has 0 fully saturated rings. The molecule has 0 amide bonds. The molecule has 0 unspecified atom stereocenters. The van der Waals surface area contributed by atoms with Crippen LogP contribution in [0.4, 0.5) is 0 Å². The predicted molar refractivity (Wildman–Crippen MR) is 284 cm³/mol. The van der Waals surface area contributed by atoms with Crippen molar-refractivity contribution >= 4 is 58.6 Å². The average molecular weight is 1030 g/mol. The first-order valence-corrected chi connectivity index (χ1v) is 23.2. The number of hydrogen-bond donors (Lipinski definition) is 3. The van der Waals surface area contributed by atoms with Gasteiger partial charge in [0.2, 0.25) is 0 Å². The summed E-state index contributed by atoms with van der Waals surface area (Å²) in [5, 5.41) is 26.3. The van der Waals surface area contributed by atoms with Crippen molar-refractivity contribution in [3.05, 3.63) is 211 Å². The molecular weight excluding hydrogens is 966 g/mol. The monoisotopic (exact) mass is 1030 g/mol. The number of aliphatic hydroxyl groups excluding tert-OH is 1. The molecule has 6 rings (SSSR count). The van der Waals surface area contributed by atoms with Gasteiger partial charge in [0.15, 0.2) is 0 Å². The second kappa shape index (κ2) is 36.5. The number of ketones is 2. The van der Waals surface area contributed by atoms with E-state index in [2.05, 4.69) is 0 Å². The van der Waals surface area contributed by atoms with Crippen LogP contribution in [0.3, 0.4) is 0 Å². The Morgan fingerprint density at radius 3 is 0.986 bits per heavy atom. The molecule has 4 N–H and O–H groups in total. The summed E-state index contributed by atoms with van der Waals surface area (Å²) in [5.41, 5.74) is 12.8. The van der Waals surface area contributed by atoms with Crippen LogP contribution in [0.2, 0.25) is 0 Å². The van der Waals surface area contributed by atoms with E-state index in [9.17, 15) is 28.8 Å². The number of carbonyl (C=O) groups excluding carboxylic acids is 4. The number of hydrogen-bond acceptors (Lipinski definition) is 10. The van der Waals surface area contributed by atoms with E-state index in [-0.39, 0.29) is 86.8 Å². The molecule has 73 heavy (non-hydrogen) atoms. The second-order valence-electron chi connectivity index (χ2n) is 16.4. The fourth-order valence-electron chi connectivity index (χ4n) is 6.61. The van der Waals surface area contributed by atoms with E-state index in [1.165, 1.54) is 0 Å². The normalized spacial score (nSPS) is 9.52. The molecule has 0 saturated carbocycles. The van der Waals surface area contributed by atoms with Gasteiger partial charge in [-0.1, -0.05) is 133 Å². The van der Waals surface area contributed by atoms with E-state index in [0.717, 1.165) is 66.8 Å². The zero-order chi connectivity index (χ0) is 52.3. The van der Waals surface area contributed by atoms with Crippen molar-refractivity contribution in [1.82, 2.24) is 0 Å². The van der Waals surface area contributed by atoms with Gasteiger partial charge in [0.05, 0.1) is 35.1 Å². The van der Waals surface area contributed by atoms with Gasteiger partial charge in [0, 0.05) is 12.8 Å². The number of ether oxygens (including phenoxy) is 2. The van der Waals surface area contributed by atoms with E-state index < -0.39 is 11.9 Å². The standard InChI is InChI=1S/C19H20O3.C18H18O4.C10H12O2.C9H10O2.CH2Cl2.CH4.Li.H2O/c1-13-4-9-18(14(2)10-13)19(21)22-12-17-7-5-16(6-8-17)11-15(3)20;1-12-3-8-16(13(2)9-12)18(21)22-11-15-6-4-14(5-7-15)10-17(19)20;1-8(12)6-9-2-4-10(7-11)5-3-9;1-6-3-4-8(9(10)11)7(2)5-6;2-1-3;;;/h4-10H,11-12H2,1-3H3;3-9H,10-11H2,1-2H3,(H,19,20);2-5,11H,6-7H2,1H3;3-5H,1-2H3,(H,10,11);1H2;1H4;;1H2/q;;;;;;+1;/p-1. The van der Waals surface area contributed by atoms with E-state index in [4.69, 9.17) is 48.0 Å². The topological polar surface area (TPSA) is 212 Å². The predicted octanol–water partition coefficient (Wildman–Crippen LogP) is 9.28. The van der Waals surface area contributed by atoms with Gasteiger partial charge >= 0.3 is 42.7 Å². The minimum Gasteiger partial charge on any atom is -0.870 e. The molecule has 0 bridgehead atoms. The zero-order valence-electron chi connectivity index (χ0n) is 42.4. The Bertz CT molecular complexity index is 2540. The van der Waals surface area contributed by atoms with Crippen molar-refractivity contribution in [3.63, 3.8) is 0 Å². The second-order valence-corrected chi connectivity index (χ2v) is 17.3. The first-order chi connectivity index (χ1) is 33.1. The molecule has 6 aromatic rings. The van der Waals surface area contributed by atoms with Crippen LogP contribution in [0.25, 0.3) is 0 Å². The van der Waals surface area contributed by atoms with Gasteiger partial charge in [0.1, 0.15) is 24.8 Å². The van der Waals surface area contributed by atoms with E-state index in [1.807, 2.05) is 113 Å². The number of benzene rings is 6. The summed E-state index contributed by atoms with van der Waals surface area (Å²) in [6, 6.07) is 38.5. The van der Waals surface area contributed by atoms with E-state index >= 15 is 0 Å². The fraction of sp³-hybridized carbons (Fsp3) is 0.276. The molecule has 0 aliphatic carbocycles. The minimum atomic E-state index is -0.867. The maximum Gasteiger partial charge on any atom is 1.00 e. The SMILES string of the molecule is C.CC(=O)Cc1ccc(CO)cc1.CC(=O)Cc1ccc(COC(=O)c2ccc(C)cc2C)cc1.Cc1ccc(C(=O)O)c(C)c1.Cc1ccc(C(=O)OCc2ccc(CC(=O)O)cc2)c(C)c1.ClCCl.[Li+].[OH-]. The van der Waals surface area contributed by atoms with Gasteiger partial charge in [-0.3, -0.25) is 14.4 Å². The van der Waals surface area contributed by atoms with Crippen LogP contribution >= 0.6 is 23.2 Å². The number of rotatable bonds is 14. The Hall–Kier alpha value is -6.36. The summed E-state index contributed by atoms with van der Waals surface area (Å²) >= 11 is 9.53. The molecule has 0 spiro atoms. The number of aryl methyl sites for hydroxylation is 6. The molecule has 15 heteroatoms. The number of carboxylic acids is 2. The largest absolute Gasteiger partial charge is 1.00 e. The molecule has 0 heterocycles. The van der Waals surface area contributed by atoms with Gasteiger partial charge in [-0.25, -0.2) is 14.4 Å². The first-order valence-electron chi connectivity index (χ1n) is 22.1. The molecule has 12 nitrogen and oxygen atoms in total. The number of aliphatic hydroxyl groups is 1. The summed E-state index contributed by atoms with van der Waals surface area (Å²) in [5.74, 6) is -2.10. The van der Waals surface area contributed by atoms with Crippen molar-refractivity contribution in [1.29, 1.82) is 0 Å². The van der Waals surface area contributed by atoms with Gasteiger partial charge < -0.3 is 30.3 Å². The number of aliphatic carboxylic acids is 1. The molecule has 0 aliphatic rings. The Balaban J connectivity index is 0. The zero-order valence-corrected chi connectivity index (χ0v) is 43.9. The third-order valence-corrected chi connectivity index (χ3v) is 10.1. The smallest absolute Gasteiger partial charge is 0.870 e.